The topological polar surface area (TPSA) is 29.3 Å². The Balaban J connectivity index is 1.88. The molecule has 2 nitrogen and oxygen atoms in total. The largest absolute Gasteiger partial charge is 0.324 e. The van der Waals surface area contributed by atoms with Crippen molar-refractivity contribution in [2.24, 2.45) is 11.7 Å². The monoisotopic (exact) mass is 308 g/mol. The highest BCUT2D eigenvalue weighted by Gasteiger charge is 2.16. The van der Waals surface area contributed by atoms with Crippen molar-refractivity contribution in [1.82, 2.24) is 4.90 Å². The molecule has 2 aromatic rings. The highest BCUT2D eigenvalue weighted by molar-refractivity contribution is 7.16. The van der Waals surface area contributed by atoms with Crippen LogP contribution in [0.1, 0.15) is 23.4 Å². The number of thiophene rings is 1. The number of nitrogens with two attached hydrogens (primary N) is 1. The van der Waals surface area contributed by atoms with Gasteiger partial charge in [0.15, 0.2) is 0 Å². The third kappa shape index (κ3) is 4.32. The van der Waals surface area contributed by atoms with Crippen molar-refractivity contribution in [3.8, 4) is 0 Å². The van der Waals surface area contributed by atoms with E-state index in [0.29, 0.717) is 5.92 Å². The van der Waals surface area contributed by atoms with Crippen LogP contribution >= 0.6 is 22.9 Å². The molecule has 0 aliphatic heterocycles. The van der Waals surface area contributed by atoms with Gasteiger partial charge in [-0.05, 0) is 30.7 Å². The molecule has 1 heterocycles. The standard InChI is InChI=1S/C16H21ClN2S/c1-12(16(18)13-6-4-3-5-7-13)10-19(2)11-14-8-9-15(17)20-14/h3-9,12,16H,10-11,18H2,1-2H3. The summed E-state index contributed by atoms with van der Waals surface area (Å²) in [5, 5.41) is 0. The second kappa shape index (κ2) is 7.23. The Morgan fingerprint density at radius 2 is 1.90 bits per heavy atom. The lowest BCUT2D eigenvalue weighted by molar-refractivity contribution is 0.259. The fourth-order valence-electron chi connectivity index (χ4n) is 2.38. The highest BCUT2D eigenvalue weighted by Crippen LogP contribution is 2.24. The van der Waals surface area contributed by atoms with Crippen LogP contribution in [-0.2, 0) is 6.54 Å². The molecule has 108 valence electrons. The minimum atomic E-state index is 0.0746. The smallest absolute Gasteiger partial charge is 0.0931 e. The van der Waals surface area contributed by atoms with Crippen LogP contribution in [-0.4, -0.2) is 18.5 Å². The Kier molecular flexibility index (Phi) is 5.61. The fourth-order valence-corrected chi connectivity index (χ4v) is 3.54. The van der Waals surface area contributed by atoms with E-state index in [1.54, 1.807) is 11.3 Å². The fraction of sp³-hybridized carbons (Fsp3) is 0.375. The number of hydrogen-bond acceptors (Lipinski definition) is 3. The molecule has 0 spiro atoms. The predicted molar refractivity (Wildman–Crippen MR) is 88.2 cm³/mol. The molecule has 4 heteroatoms. The van der Waals surface area contributed by atoms with Gasteiger partial charge in [-0.1, -0.05) is 48.9 Å². The molecule has 1 aromatic heterocycles. The van der Waals surface area contributed by atoms with Crippen molar-refractivity contribution >= 4 is 22.9 Å². The van der Waals surface area contributed by atoms with Gasteiger partial charge in [-0.2, -0.15) is 0 Å². The number of halogens is 1. The summed E-state index contributed by atoms with van der Waals surface area (Å²) in [7, 11) is 2.13. The van der Waals surface area contributed by atoms with Crippen LogP contribution in [0.15, 0.2) is 42.5 Å². The SMILES string of the molecule is CC(CN(C)Cc1ccc(Cl)s1)C(N)c1ccccc1. The average Bonchev–Trinajstić information content (AvgIpc) is 2.84. The van der Waals surface area contributed by atoms with E-state index in [1.165, 1.54) is 10.4 Å². The third-order valence-electron chi connectivity index (χ3n) is 3.45. The van der Waals surface area contributed by atoms with Gasteiger partial charge in [-0.3, -0.25) is 0 Å². The van der Waals surface area contributed by atoms with Crippen LogP contribution in [0.25, 0.3) is 0 Å². The van der Waals surface area contributed by atoms with Gasteiger partial charge in [-0.15, -0.1) is 11.3 Å². The summed E-state index contributed by atoms with van der Waals surface area (Å²) in [5.74, 6) is 0.401. The summed E-state index contributed by atoms with van der Waals surface area (Å²) < 4.78 is 0.849. The lowest BCUT2D eigenvalue weighted by Crippen LogP contribution is -2.30. The van der Waals surface area contributed by atoms with Crippen LogP contribution in [0.2, 0.25) is 4.34 Å². The number of rotatable bonds is 6. The first-order chi connectivity index (χ1) is 9.56. The lowest BCUT2D eigenvalue weighted by atomic mass is 9.95. The molecule has 0 saturated heterocycles. The summed E-state index contributed by atoms with van der Waals surface area (Å²) in [4.78, 5) is 3.59. The van der Waals surface area contributed by atoms with E-state index in [1.807, 2.05) is 24.3 Å². The summed E-state index contributed by atoms with van der Waals surface area (Å²) in [6.07, 6.45) is 0. The molecule has 0 aliphatic carbocycles. The second-order valence-electron chi connectivity index (χ2n) is 5.32. The van der Waals surface area contributed by atoms with Crippen LogP contribution in [0, 0.1) is 5.92 Å². The Bertz CT molecular complexity index is 526. The van der Waals surface area contributed by atoms with Crippen molar-refractivity contribution in [3.05, 3.63) is 57.2 Å². The Morgan fingerprint density at radius 3 is 2.50 bits per heavy atom. The first-order valence-electron chi connectivity index (χ1n) is 6.79. The van der Waals surface area contributed by atoms with Gasteiger partial charge < -0.3 is 10.6 Å². The van der Waals surface area contributed by atoms with Gasteiger partial charge in [0.1, 0.15) is 0 Å². The predicted octanol–water partition coefficient (Wildman–Crippen LogP) is 4.17. The van der Waals surface area contributed by atoms with Gasteiger partial charge in [-0.25, -0.2) is 0 Å². The number of nitrogens with zero attached hydrogens (tertiary/aromatic N) is 1. The summed E-state index contributed by atoms with van der Waals surface area (Å²) >= 11 is 7.60. The molecule has 1 aromatic carbocycles. The van der Waals surface area contributed by atoms with Crippen molar-refractivity contribution in [1.29, 1.82) is 0 Å². The molecular formula is C16H21ClN2S. The van der Waals surface area contributed by atoms with Crippen molar-refractivity contribution in [2.45, 2.75) is 19.5 Å². The molecule has 2 unspecified atom stereocenters. The Hall–Kier alpha value is -0.870. The first kappa shape index (κ1) is 15.5. The minimum absolute atomic E-state index is 0.0746. The molecule has 0 aliphatic rings. The van der Waals surface area contributed by atoms with Crippen molar-refractivity contribution < 1.29 is 0 Å². The molecule has 2 N–H and O–H groups in total. The molecule has 20 heavy (non-hydrogen) atoms. The third-order valence-corrected chi connectivity index (χ3v) is 4.67. The average molecular weight is 309 g/mol. The summed E-state index contributed by atoms with van der Waals surface area (Å²) in [6.45, 7) is 4.09. The maximum atomic E-state index is 6.34. The molecule has 0 bridgehead atoms. The van der Waals surface area contributed by atoms with Crippen LogP contribution < -0.4 is 5.73 Å². The number of benzene rings is 1. The maximum Gasteiger partial charge on any atom is 0.0931 e. The lowest BCUT2D eigenvalue weighted by Gasteiger charge is -2.25. The quantitative estimate of drug-likeness (QED) is 0.868. The van der Waals surface area contributed by atoms with E-state index < -0.39 is 0 Å². The molecule has 0 amide bonds. The van der Waals surface area contributed by atoms with E-state index in [-0.39, 0.29) is 6.04 Å². The second-order valence-corrected chi connectivity index (χ2v) is 7.12. The van der Waals surface area contributed by atoms with E-state index >= 15 is 0 Å². The van der Waals surface area contributed by atoms with Gasteiger partial charge in [0.2, 0.25) is 0 Å². The zero-order chi connectivity index (χ0) is 14.5. The zero-order valence-electron chi connectivity index (χ0n) is 11.9. The van der Waals surface area contributed by atoms with Gasteiger partial charge in [0.25, 0.3) is 0 Å². The van der Waals surface area contributed by atoms with Gasteiger partial charge >= 0.3 is 0 Å². The van der Waals surface area contributed by atoms with Crippen molar-refractivity contribution in [3.63, 3.8) is 0 Å². The van der Waals surface area contributed by atoms with E-state index in [2.05, 4.69) is 37.1 Å². The van der Waals surface area contributed by atoms with Crippen LogP contribution in [0.3, 0.4) is 0 Å². The molecule has 0 fully saturated rings. The summed E-state index contributed by atoms with van der Waals surface area (Å²) in [6, 6.07) is 14.4. The van der Waals surface area contributed by atoms with E-state index in [0.717, 1.165) is 17.4 Å². The van der Waals surface area contributed by atoms with Crippen molar-refractivity contribution in [2.75, 3.05) is 13.6 Å². The Morgan fingerprint density at radius 1 is 1.20 bits per heavy atom. The first-order valence-corrected chi connectivity index (χ1v) is 7.99. The number of hydrogen-bond donors (Lipinski definition) is 1. The van der Waals surface area contributed by atoms with E-state index in [4.69, 9.17) is 17.3 Å². The Labute approximate surface area is 130 Å². The maximum absolute atomic E-state index is 6.34. The summed E-state index contributed by atoms with van der Waals surface area (Å²) in [5.41, 5.74) is 7.54. The van der Waals surface area contributed by atoms with E-state index in [9.17, 15) is 0 Å². The molecule has 2 atom stereocenters. The molecule has 2 rings (SSSR count). The van der Waals surface area contributed by atoms with Gasteiger partial charge in [0.05, 0.1) is 4.34 Å². The molecule has 0 radical (unpaired) electrons. The zero-order valence-corrected chi connectivity index (χ0v) is 13.5. The van der Waals surface area contributed by atoms with Crippen LogP contribution in [0.4, 0.5) is 0 Å². The van der Waals surface area contributed by atoms with Crippen LogP contribution in [0.5, 0.6) is 0 Å². The highest BCUT2D eigenvalue weighted by atomic mass is 35.5. The normalized spacial score (nSPS) is 14.4. The minimum Gasteiger partial charge on any atom is -0.324 e. The van der Waals surface area contributed by atoms with Gasteiger partial charge in [0, 0.05) is 24.0 Å². The molecule has 0 saturated carbocycles. The molecular weight excluding hydrogens is 288 g/mol.